The number of rotatable bonds is 3. The summed E-state index contributed by atoms with van der Waals surface area (Å²) < 4.78 is 6.31. The number of benzene rings is 6. The number of hydrogen-bond donors (Lipinski definition) is 0. The van der Waals surface area contributed by atoms with Gasteiger partial charge in [-0.1, -0.05) is 135 Å². The molecule has 53 heavy (non-hydrogen) atoms. The summed E-state index contributed by atoms with van der Waals surface area (Å²) in [7, 11) is 0. The topological polar surface area (TPSA) is 13.1 Å². The molecule has 0 N–H and O–H groups in total. The van der Waals surface area contributed by atoms with Gasteiger partial charge < -0.3 is 4.42 Å². The Bertz CT molecular complexity index is 2950. The summed E-state index contributed by atoms with van der Waals surface area (Å²) in [4.78, 5) is 0. The normalized spacial score (nSPS) is 13.8. The monoisotopic (exact) mass is 682 g/mol. The van der Waals surface area contributed by atoms with Gasteiger partial charge in [-0.3, -0.25) is 0 Å². The van der Waals surface area contributed by atoms with E-state index in [9.17, 15) is 0 Å². The molecule has 0 bridgehead atoms. The molecule has 0 saturated carbocycles. The zero-order valence-corrected chi connectivity index (χ0v) is 31.0. The first-order chi connectivity index (χ1) is 25.9. The number of aryl methyl sites for hydroxylation is 1. The molecule has 0 unspecified atom stereocenters. The van der Waals surface area contributed by atoms with Crippen LogP contribution >= 0.6 is 0 Å². The Kier molecular flexibility index (Phi) is 7.90. The fourth-order valence-electron chi connectivity index (χ4n) is 8.66. The average molecular weight is 683 g/mol. The van der Waals surface area contributed by atoms with Crippen molar-refractivity contribution in [3.63, 3.8) is 0 Å². The molecule has 0 spiro atoms. The Morgan fingerprint density at radius 1 is 0.434 bits per heavy atom. The lowest BCUT2D eigenvalue weighted by atomic mass is 9.81. The van der Waals surface area contributed by atoms with E-state index in [0.29, 0.717) is 0 Å². The molecule has 8 aromatic rings. The third-order valence-corrected chi connectivity index (χ3v) is 11.4. The second kappa shape index (κ2) is 12.8. The molecule has 1 aromatic heterocycles. The molecule has 1 heterocycles. The van der Waals surface area contributed by atoms with Gasteiger partial charge >= 0.3 is 0 Å². The van der Waals surface area contributed by atoms with Gasteiger partial charge in [0, 0.05) is 16.2 Å². The van der Waals surface area contributed by atoms with Crippen LogP contribution in [0.3, 0.4) is 0 Å². The summed E-state index contributed by atoms with van der Waals surface area (Å²) in [6, 6.07) is 55.5. The van der Waals surface area contributed by atoms with E-state index in [1.165, 1.54) is 87.8 Å². The summed E-state index contributed by atoms with van der Waals surface area (Å²) in [6.07, 6.45) is 4.54. The SMILES string of the molecule is CC=c1c(-c2cccc(-c3ccccc3C)c2)ccccccc(-c2ccc3c(c2)-c2cc4cc5oc6ccccc6c5cc4cc2C3(C)C)c1=CC. The molecule has 0 amide bonds. The fourth-order valence-corrected chi connectivity index (χ4v) is 8.66. The molecular weight excluding hydrogens is 641 g/mol. The van der Waals surface area contributed by atoms with Gasteiger partial charge in [0.25, 0.3) is 0 Å². The number of hydrogen-bond acceptors (Lipinski definition) is 1. The van der Waals surface area contributed by atoms with Crippen molar-refractivity contribution in [3.05, 3.63) is 179 Å². The zero-order chi connectivity index (χ0) is 36.3. The lowest BCUT2D eigenvalue weighted by molar-refractivity contribution is 0.661. The van der Waals surface area contributed by atoms with Crippen LogP contribution in [0, 0.1) is 6.92 Å². The van der Waals surface area contributed by atoms with Crippen molar-refractivity contribution in [3.8, 4) is 44.5 Å². The molecule has 0 radical (unpaired) electrons. The second-order valence-electron chi connectivity index (χ2n) is 14.8. The van der Waals surface area contributed by atoms with Crippen molar-refractivity contribution in [1.82, 2.24) is 0 Å². The highest BCUT2D eigenvalue weighted by Gasteiger charge is 2.36. The van der Waals surface area contributed by atoms with Crippen LogP contribution in [0.5, 0.6) is 0 Å². The maximum Gasteiger partial charge on any atom is 0.136 e. The summed E-state index contributed by atoms with van der Waals surface area (Å²) in [5.41, 5.74) is 15.6. The third kappa shape index (κ3) is 5.39. The molecule has 0 fully saturated rings. The minimum Gasteiger partial charge on any atom is -0.456 e. The Balaban J connectivity index is 1.25. The molecule has 1 aliphatic rings. The maximum atomic E-state index is 6.31. The van der Waals surface area contributed by atoms with Crippen LogP contribution in [0.25, 0.3) is 89.4 Å². The van der Waals surface area contributed by atoms with Crippen LogP contribution in [0.2, 0.25) is 0 Å². The first-order valence-electron chi connectivity index (χ1n) is 18.7. The molecule has 0 atom stereocenters. The minimum absolute atomic E-state index is 0.129. The molecule has 0 saturated heterocycles. The van der Waals surface area contributed by atoms with E-state index in [0.717, 1.165) is 16.6 Å². The first-order valence-corrected chi connectivity index (χ1v) is 18.7. The molecule has 256 valence electrons. The van der Waals surface area contributed by atoms with Crippen molar-refractivity contribution < 1.29 is 4.42 Å². The van der Waals surface area contributed by atoms with Crippen molar-refractivity contribution in [2.75, 3.05) is 0 Å². The van der Waals surface area contributed by atoms with Crippen molar-refractivity contribution in [1.29, 1.82) is 0 Å². The van der Waals surface area contributed by atoms with Crippen LogP contribution in [0.4, 0.5) is 0 Å². The van der Waals surface area contributed by atoms with Crippen LogP contribution < -0.4 is 10.4 Å². The second-order valence-corrected chi connectivity index (χ2v) is 14.8. The van der Waals surface area contributed by atoms with Crippen molar-refractivity contribution >= 4 is 44.9 Å². The van der Waals surface area contributed by atoms with Crippen LogP contribution in [-0.2, 0) is 5.41 Å². The summed E-state index contributed by atoms with van der Waals surface area (Å²) >= 11 is 0. The summed E-state index contributed by atoms with van der Waals surface area (Å²) in [6.45, 7) is 11.2. The molecule has 9 rings (SSSR count). The summed E-state index contributed by atoms with van der Waals surface area (Å²) in [5, 5.41) is 7.20. The Morgan fingerprint density at radius 2 is 1.04 bits per heavy atom. The van der Waals surface area contributed by atoms with E-state index in [4.69, 9.17) is 4.42 Å². The van der Waals surface area contributed by atoms with Crippen LogP contribution in [0.1, 0.15) is 44.4 Å². The molecule has 1 nitrogen and oxygen atoms in total. The van der Waals surface area contributed by atoms with Crippen molar-refractivity contribution in [2.45, 2.75) is 40.0 Å². The average Bonchev–Trinajstić information content (AvgIpc) is 3.64. The van der Waals surface area contributed by atoms with Gasteiger partial charge in [0.15, 0.2) is 0 Å². The Labute approximate surface area is 311 Å². The van der Waals surface area contributed by atoms with Gasteiger partial charge in [-0.15, -0.1) is 0 Å². The third-order valence-electron chi connectivity index (χ3n) is 11.4. The standard InChI is InChI=1S/C52H42O/c1-6-39-40(7-2)43(22-11-9-8-10-21-42(39)35-19-16-18-34(27-35)41-20-13-12-17-33(41)3)36-25-26-48-45(28-36)46-29-38-32-51-47(44-23-14-15-24-50(44)53-51)30-37(38)31-49(46)52(48,4)5/h6-32H,1-5H3. The van der Waals surface area contributed by atoms with Gasteiger partial charge in [0.05, 0.1) is 0 Å². The number of fused-ring (bicyclic) bond motifs is 7. The Morgan fingerprint density at radius 3 is 1.77 bits per heavy atom. The predicted octanol–water partition coefficient (Wildman–Crippen LogP) is 13.1. The largest absolute Gasteiger partial charge is 0.456 e. The maximum absolute atomic E-state index is 6.31. The Hall–Kier alpha value is -6.18. The zero-order valence-electron chi connectivity index (χ0n) is 31.0. The van der Waals surface area contributed by atoms with E-state index in [2.05, 4.69) is 192 Å². The molecule has 0 aliphatic heterocycles. The van der Waals surface area contributed by atoms with E-state index in [1.54, 1.807) is 0 Å². The fraction of sp³-hybridized carbons (Fsp3) is 0.115. The van der Waals surface area contributed by atoms with Gasteiger partial charge in [-0.25, -0.2) is 0 Å². The molecule has 1 aliphatic carbocycles. The lowest BCUT2D eigenvalue weighted by Gasteiger charge is -2.22. The highest BCUT2D eigenvalue weighted by molar-refractivity contribution is 6.11. The lowest BCUT2D eigenvalue weighted by Crippen LogP contribution is -2.27. The van der Waals surface area contributed by atoms with Gasteiger partial charge in [-0.2, -0.15) is 0 Å². The van der Waals surface area contributed by atoms with Crippen molar-refractivity contribution in [2.24, 2.45) is 0 Å². The van der Waals surface area contributed by atoms with Gasteiger partial charge in [-0.05, 0) is 146 Å². The highest BCUT2D eigenvalue weighted by atomic mass is 16.3. The first kappa shape index (κ1) is 32.7. The highest BCUT2D eigenvalue weighted by Crippen LogP contribution is 2.51. The van der Waals surface area contributed by atoms with Crippen LogP contribution in [0.15, 0.2) is 156 Å². The van der Waals surface area contributed by atoms with E-state index < -0.39 is 0 Å². The van der Waals surface area contributed by atoms with Gasteiger partial charge in [0.1, 0.15) is 11.2 Å². The van der Waals surface area contributed by atoms with Gasteiger partial charge in [0.2, 0.25) is 0 Å². The number of furan rings is 1. The minimum atomic E-state index is -0.129. The molecule has 1 heteroatoms. The molecule has 7 aromatic carbocycles. The van der Waals surface area contributed by atoms with E-state index >= 15 is 0 Å². The molecular formula is C52H42O. The predicted molar refractivity (Wildman–Crippen MR) is 227 cm³/mol. The summed E-state index contributed by atoms with van der Waals surface area (Å²) in [5.74, 6) is 0. The number of para-hydroxylation sites is 1. The van der Waals surface area contributed by atoms with E-state index in [-0.39, 0.29) is 5.41 Å². The smallest absolute Gasteiger partial charge is 0.136 e. The quantitative estimate of drug-likeness (QED) is 0.181. The van der Waals surface area contributed by atoms with Crippen LogP contribution in [-0.4, -0.2) is 0 Å². The van der Waals surface area contributed by atoms with E-state index in [1.807, 2.05) is 6.07 Å².